The summed E-state index contributed by atoms with van der Waals surface area (Å²) < 4.78 is 4.71. The molecule has 0 aromatic heterocycles. The molecular weight excluding hydrogens is 284 g/mol. The number of nitrogens with one attached hydrogen (secondary N) is 2. The van der Waals surface area contributed by atoms with Crippen LogP contribution in [-0.4, -0.2) is 52.9 Å². The summed E-state index contributed by atoms with van der Waals surface area (Å²) in [4.78, 5) is 57.5. The maximum atomic E-state index is 11.8. The van der Waals surface area contributed by atoms with Crippen molar-refractivity contribution in [2.45, 2.75) is 32.4 Å². The molecule has 10 nitrogen and oxygen atoms in total. The molecule has 0 aromatic carbocycles. The summed E-state index contributed by atoms with van der Waals surface area (Å²) in [5.41, 5.74) is 3.64. The van der Waals surface area contributed by atoms with Gasteiger partial charge in [-0.15, -0.1) is 0 Å². The molecule has 6 amide bonds. The van der Waals surface area contributed by atoms with Crippen molar-refractivity contribution in [1.82, 2.24) is 15.5 Å². The second kappa shape index (κ2) is 5.77. The van der Waals surface area contributed by atoms with Crippen LogP contribution in [0.25, 0.3) is 0 Å². The number of carbonyl (C=O) groups excluding carboxylic acids is 5. The van der Waals surface area contributed by atoms with Crippen molar-refractivity contribution in [2.24, 2.45) is 5.73 Å². The minimum atomic E-state index is -1.29. The van der Waals surface area contributed by atoms with E-state index in [1.807, 2.05) is 0 Å². The molecule has 4 N–H and O–H groups in total. The van der Waals surface area contributed by atoms with Gasteiger partial charge in [-0.25, -0.2) is 9.59 Å². The van der Waals surface area contributed by atoms with Crippen LogP contribution in [0.15, 0.2) is 0 Å². The number of imide groups is 2. The van der Waals surface area contributed by atoms with Gasteiger partial charge in [0, 0.05) is 0 Å². The predicted molar refractivity (Wildman–Crippen MR) is 67.6 cm³/mol. The van der Waals surface area contributed by atoms with Crippen LogP contribution in [-0.2, 0) is 19.1 Å². The summed E-state index contributed by atoms with van der Waals surface area (Å²) in [6.07, 6.45) is -1.29. The van der Waals surface area contributed by atoms with Crippen LogP contribution in [0.2, 0.25) is 0 Å². The van der Waals surface area contributed by atoms with Crippen LogP contribution in [0.3, 0.4) is 0 Å². The van der Waals surface area contributed by atoms with E-state index in [0.29, 0.717) is 4.90 Å². The van der Waals surface area contributed by atoms with E-state index < -0.39 is 48.0 Å². The van der Waals surface area contributed by atoms with Gasteiger partial charge >= 0.3 is 18.0 Å². The highest BCUT2D eigenvalue weighted by Gasteiger charge is 2.45. The lowest BCUT2D eigenvalue weighted by atomic mass is 10.1. The quantitative estimate of drug-likeness (QED) is 0.422. The number of nitrogens with zero attached hydrogens (tertiary/aromatic N) is 1. The Kier molecular flexibility index (Phi) is 4.51. The van der Waals surface area contributed by atoms with Crippen molar-refractivity contribution in [3.8, 4) is 0 Å². The van der Waals surface area contributed by atoms with E-state index in [9.17, 15) is 24.0 Å². The fraction of sp³-hybridized carbons (Fsp3) is 0.545. The highest BCUT2D eigenvalue weighted by Crippen LogP contribution is 2.16. The molecule has 0 spiro atoms. The van der Waals surface area contributed by atoms with Crippen LogP contribution in [0.1, 0.15) is 20.8 Å². The number of rotatable bonds is 4. The maximum absolute atomic E-state index is 11.8. The van der Waals surface area contributed by atoms with Crippen molar-refractivity contribution in [3.05, 3.63) is 0 Å². The van der Waals surface area contributed by atoms with Gasteiger partial charge in [0.1, 0.15) is 12.1 Å². The standard InChI is InChI=1S/C11H16N4O6/c1-5(7(17)13-9(12)19)21-6(16)4-15-8(18)11(2,3)14-10(15)20/h5H,4H2,1-3H3,(H,14,20)(H3,12,13,17,19). The third kappa shape index (κ3) is 3.91. The van der Waals surface area contributed by atoms with Crippen LogP contribution < -0.4 is 16.4 Å². The van der Waals surface area contributed by atoms with Crippen molar-refractivity contribution in [1.29, 1.82) is 0 Å². The number of carbonyl (C=O) groups is 5. The minimum Gasteiger partial charge on any atom is -0.451 e. The second-order valence-corrected chi connectivity index (χ2v) is 4.93. The lowest BCUT2D eigenvalue weighted by Gasteiger charge is -2.17. The Hall–Kier alpha value is -2.65. The van der Waals surface area contributed by atoms with E-state index in [-0.39, 0.29) is 0 Å². The van der Waals surface area contributed by atoms with E-state index >= 15 is 0 Å². The zero-order valence-electron chi connectivity index (χ0n) is 11.8. The monoisotopic (exact) mass is 300 g/mol. The van der Waals surface area contributed by atoms with Gasteiger partial charge in [0.2, 0.25) is 0 Å². The molecule has 1 rings (SSSR count). The van der Waals surface area contributed by atoms with E-state index in [0.717, 1.165) is 0 Å². The van der Waals surface area contributed by atoms with Crippen LogP contribution >= 0.6 is 0 Å². The Bertz CT molecular complexity index is 515. The smallest absolute Gasteiger partial charge is 0.327 e. The van der Waals surface area contributed by atoms with E-state index in [1.54, 1.807) is 5.32 Å². The largest absolute Gasteiger partial charge is 0.451 e. The fourth-order valence-electron chi connectivity index (χ4n) is 1.60. The SMILES string of the molecule is CC(OC(=O)CN1C(=O)NC(C)(C)C1=O)C(=O)NC(N)=O. The summed E-state index contributed by atoms with van der Waals surface area (Å²) >= 11 is 0. The van der Waals surface area contributed by atoms with Gasteiger partial charge in [-0.2, -0.15) is 0 Å². The molecule has 116 valence electrons. The molecule has 1 saturated heterocycles. The van der Waals surface area contributed by atoms with Crippen molar-refractivity contribution < 1.29 is 28.7 Å². The number of amides is 6. The summed E-state index contributed by atoms with van der Waals surface area (Å²) in [6.45, 7) is 3.55. The highest BCUT2D eigenvalue weighted by molar-refractivity contribution is 6.08. The zero-order valence-corrected chi connectivity index (χ0v) is 11.8. The molecule has 1 unspecified atom stereocenters. The molecule has 0 bridgehead atoms. The van der Waals surface area contributed by atoms with Gasteiger partial charge in [-0.05, 0) is 20.8 Å². The summed E-state index contributed by atoms with van der Waals surface area (Å²) in [5.74, 6) is -2.46. The molecule has 1 aliphatic heterocycles. The summed E-state index contributed by atoms with van der Waals surface area (Å²) in [5, 5.41) is 4.12. The minimum absolute atomic E-state index is 0.585. The summed E-state index contributed by atoms with van der Waals surface area (Å²) in [7, 11) is 0. The third-order valence-electron chi connectivity index (χ3n) is 2.66. The molecule has 1 atom stereocenters. The fourth-order valence-corrected chi connectivity index (χ4v) is 1.60. The number of urea groups is 2. The van der Waals surface area contributed by atoms with Gasteiger partial charge in [0.25, 0.3) is 11.8 Å². The predicted octanol–water partition coefficient (Wildman–Crippen LogP) is -1.56. The lowest BCUT2D eigenvalue weighted by molar-refractivity contribution is -0.156. The zero-order chi connectivity index (χ0) is 16.4. The molecule has 0 aliphatic carbocycles. The van der Waals surface area contributed by atoms with Gasteiger partial charge in [-0.1, -0.05) is 0 Å². The molecule has 0 saturated carbocycles. The number of hydrogen-bond donors (Lipinski definition) is 3. The number of esters is 1. The maximum Gasteiger partial charge on any atom is 0.327 e. The number of hydrogen-bond acceptors (Lipinski definition) is 6. The number of ether oxygens (including phenoxy) is 1. The van der Waals surface area contributed by atoms with Crippen molar-refractivity contribution in [2.75, 3.05) is 6.54 Å². The van der Waals surface area contributed by atoms with Gasteiger partial charge in [0.05, 0.1) is 0 Å². The Labute approximate surface area is 120 Å². The third-order valence-corrected chi connectivity index (χ3v) is 2.66. The second-order valence-electron chi connectivity index (χ2n) is 4.93. The van der Waals surface area contributed by atoms with Crippen molar-refractivity contribution in [3.63, 3.8) is 0 Å². The first-order valence-corrected chi connectivity index (χ1v) is 5.98. The topological polar surface area (TPSA) is 148 Å². The van der Waals surface area contributed by atoms with Crippen LogP contribution in [0, 0.1) is 0 Å². The molecule has 1 fully saturated rings. The molecule has 0 aromatic rings. The molecule has 10 heteroatoms. The molecular formula is C11H16N4O6. The van der Waals surface area contributed by atoms with E-state index in [1.165, 1.54) is 20.8 Å². The van der Waals surface area contributed by atoms with Gasteiger partial charge in [0.15, 0.2) is 6.10 Å². The first-order valence-electron chi connectivity index (χ1n) is 5.98. The van der Waals surface area contributed by atoms with Crippen molar-refractivity contribution >= 4 is 29.8 Å². The molecule has 0 radical (unpaired) electrons. The first-order chi connectivity index (χ1) is 9.54. The Balaban J connectivity index is 2.58. The Morgan fingerprint density at radius 1 is 1.38 bits per heavy atom. The van der Waals surface area contributed by atoms with E-state index in [2.05, 4.69) is 5.32 Å². The van der Waals surface area contributed by atoms with E-state index in [4.69, 9.17) is 10.5 Å². The van der Waals surface area contributed by atoms with Crippen LogP contribution in [0.5, 0.6) is 0 Å². The average Bonchev–Trinajstić information content (AvgIpc) is 2.50. The average molecular weight is 300 g/mol. The Morgan fingerprint density at radius 2 is 1.95 bits per heavy atom. The molecule has 21 heavy (non-hydrogen) atoms. The van der Waals surface area contributed by atoms with Crippen LogP contribution in [0.4, 0.5) is 9.59 Å². The molecule has 1 aliphatic rings. The van der Waals surface area contributed by atoms with Gasteiger partial charge in [-0.3, -0.25) is 24.6 Å². The first kappa shape index (κ1) is 16.4. The van der Waals surface area contributed by atoms with Gasteiger partial charge < -0.3 is 15.8 Å². The number of primary amides is 1. The Morgan fingerprint density at radius 3 is 2.38 bits per heavy atom. The molecule has 1 heterocycles. The lowest BCUT2D eigenvalue weighted by Crippen LogP contribution is -2.44. The number of nitrogens with two attached hydrogens (primary N) is 1. The summed E-state index contributed by atoms with van der Waals surface area (Å²) in [6, 6.07) is -1.81. The normalized spacial score (nSPS) is 18.0. The highest BCUT2D eigenvalue weighted by atomic mass is 16.5.